The zero-order chi connectivity index (χ0) is 17.2. The molecule has 1 fully saturated rings. The second-order valence-corrected chi connectivity index (χ2v) is 6.66. The number of piperidine rings is 1. The number of nitrogens with one attached hydrogen (secondary N) is 1. The summed E-state index contributed by atoms with van der Waals surface area (Å²) in [5, 5.41) is 4.41. The second kappa shape index (κ2) is 6.84. The average molecular weight is 354 g/mol. The summed E-state index contributed by atoms with van der Waals surface area (Å²) in [5.74, 6) is -0.386. The fraction of sp³-hybridized carbons (Fsp3) is 0.353. The second-order valence-electron chi connectivity index (χ2n) is 5.71. The number of nitrogens with zero attached hydrogens (tertiary/aromatic N) is 1. The van der Waals surface area contributed by atoms with Gasteiger partial charge < -0.3 is 10.2 Å². The Labute approximate surface area is 142 Å². The topological polar surface area (TPSA) is 32.3 Å². The molecule has 3 rings (SSSR count). The van der Waals surface area contributed by atoms with Gasteiger partial charge in [0.05, 0.1) is 21.8 Å². The number of hydrogen-bond acceptors (Lipinski definition) is 3. The van der Waals surface area contributed by atoms with Gasteiger partial charge in [-0.05, 0) is 48.9 Å². The normalized spacial score (nSPS) is 15.4. The first kappa shape index (κ1) is 16.8. The molecule has 1 aromatic carbocycles. The van der Waals surface area contributed by atoms with Gasteiger partial charge in [0.1, 0.15) is 0 Å². The number of carbonyl (C=O) groups is 1. The number of benzene rings is 1. The first-order chi connectivity index (χ1) is 11.4. The lowest BCUT2D eigenvalue weighted by atomic mass is 10.1. The van der Waals surface area contributed by atoms with E-state index in [1.165, 1.54) is 17.4 Å². The SMILES string of the molecule is O=C(Nc1cc(C(F)(F)F)ccc1N1CCCCC1)c1cccs1. The van der Waals surface area contributed by atoms with Crippen LogP contribution >= 0.6 is 11.3 Å². The first-order valence-corrected chi connectivity index (χ1v) is 8.64. The Morgan fingerprint density at radius 3 is 2.50 bits per heavy atom. The molecule has 1 saturated heterocycles. The molecule has 0 atom stereocenters. The van der Waals surface area contributed by atoms with Crippen molar-refractivity contribution in [1.82, 2.24) is 0 Å². The van der Waals surface area contributed by atoms with Crippen molar-refractivity contribution in [2.24, 2.45) is 0 Å². The summed E-state index contributed by atoms with van der Waals surface area (Å²) in [4.78, 5) is 14.8. The number of anilines is 2. The molecular formula is C17H17F3N2OS. The molecule has 0 bridgehead atoms. The minimum Gasteiger partial charge on any atom is -0.370 e. The highest BCUT2D eigenvalue weighted by molar-refractivity contribution is 7.12. The summed E-state index contributed by atoms with van der Waals surface area (Å²) in [6, 6.07) is 6.93. The maximum atomic E-state index is 13.0. The van der Waals surface area contributed by atoms with Crippen molar-refractivity contribution in [1.29, 1.82) is 0 Å². The van der Waals surface area contributed by atoms with Gasteiger partial charge in [0.25, 0.3) is 5.91 Å². The van der Waals surface area contributed by atoms with Crippen LogP contribution < -0.4 is 10.2 Å². The smallest absolute Gasteiger partial charge is 0.370 e. The van der Waals surface area contributed by atoms with E-state index in [2.05, 4.69) is 5.32 Å². The highest BCUT2D eigenvalue weighted by Crippen LogP contribution is 2.36. The molecule has 3 nitrogen and oxygen atoms in total. The Balaban J connectivity index is 1.94. The number of amides is 1. The van der Waals surface area contributed by atoms with Crippen LogP contribution in [0.2, 0.25) is 0 Å². The Kier molecular flexibility index (Phi) is 4.80. The third kappa shape index (κ3) is 3.72. The van der Waals surface area contributed by atoms with Gasteiger partial charge in [0.2, 0.25) is 0 Å². The van der Waals surface area contributed by atoms with Gasteiger partial charge in [-0.15, -0.1) is 11.3 Å². The third-order valence-electron chi connectivity index (χ3n) is 4.01. The van der Waals surface area contributed by atoms with E-state index in [9.17, 15) is 18.0 Å². The van der Waals surface area contributed by atoms with Crippen molar-refractivity contribution in [3.05, 3.63) is 46.2 Å². The summed E-state index contributed by atoms with van der Waals surface area (Å²) in [7, 11) is 0. The summed E-state index contributed by atoms with van der Waals surface area (Å²) in [6.45, 7) is 1.57. The van der Waals surface area contributed by atoms with Gasteiger partial charge in [0, 0.05) is 13.1 Å². The van der Waals surface area contributed by atoms with E-state index in [1.807, 2.05) is 4.90 Å². The predicted molar refractivity (Wildman–Crippen MR) is 89.8 cm³/mol. The van der Waals surface area contributed by atoms with E-state index >= 15 is 0 Å². The third-order valence-corrected chi connectivity index (χ3v) is 4.88. The molecule has 1 amide bonds. The maximum Gasteiger partial charge on any atom is 0.416 e. The number of carbonyl (C=O) groups excluding carboxylic acids is 1. The van der Waals surface area contributed by atoms with E-state index in [-0.39, 0.29) is 11.6 Å². The molecule has 0 aliphatic carbocycles. The number of thiophene rings is 1. The molecule has 1 aliphatic heterocycles. The van der Waals surface area contributed by atoms with Crippen LogP contribution in [-0.4, -0.2) is 19.0 Å². The monoisotopic (exact) mass is 354 g/mol. The van der Waals surface area contributed by atoms with E-state index < -0.39 is 11.7 Å². The highest BCUT2D eigenvalue weighted by atomic mass is 32.1. The molecule has 2 aromatic rings. The summed E-state index contributed by atoms with van der Waals surface area (Å²) >= 11 is 1.25. The molecular weight excluding hydrogens is 337 g/mol. The highest BCUT2D eigenvalue weighted by Gasteiger charge is 2.32. The Hall–Kier alpha value is -2.02. The molecule has 1 aliphatic rings. The predicted octanol–water partition coefficient (Wildman–Crippen LogP) is 5.01. The molecule has 24 heavy (non-hydrogen) atoms. The van der Waals surface area contributed by atoms with Gasteiger partial charge in [-0.2, -0.15) is 13.2 Å². The largest absolute Gasteiger partial charge is 0.416 e. The van der Waals surface area contributed by atoms with Crippen LogP contribution in [0.3, 0.4) is 0 Å². The van der Waals surface area contributed by atoms with Crippen LogP contribution in [0.25, 0.3) is 0 Å². The number of halogens is 3. The number of rotatable bonds is 3. The maximum absolute atomic E-state index is 13.0. The van der Waals surface area contributed by atoms with E-state index in [0.29, 0.717) is 10.6 Å². The molecule has 0 spiro atoms. The Morgan fingerprint density at radius 1 is 1.12 bits per heavy atom. The molecule has 7 heteroatoms. The first-order valence-electron chi connectivity index (χ1n) is 7.76. The van der Waals surface area contributed by atoms with Crippen LogP contribution in [0, 0.1) is 0 Å². The molecule has 1 N–H and O–H groups in total. The molecule has 1 aromatic heterocycles. The molecule has 128 valence electrons. The number of hydrogen-bond donors (Lipinski definition) is 1. The van der Waals surface area contributed by atoms with Gasteiger partial charge in [-0.1, -0.05) is 6.07 Å². The zero-order valence-corrected chi connectivity index (χ0v) is 13.7. The Morgan fingerprint density at radius 2 is 1.88 bits per heavy atom. The van der Waals surface area contributed by atoms with Gasteiger partial charge >= 0.3 is 6.18 Å². The van der Waals surface area contributed by atoms with Crippen LogP contribution in [0.15, 0.2) is 35.7 Å². The molecule has 0 saturated carbocycles. The fourth-order valence-electron chi connectivity index (χ4n) is 2.81. The van der Waals surface area contributed by atoms with Crippen molar-refractivity contribution in [2.45, 2.75) is 25.4 Å². The van der Waals surface area contributed by atoms with Crippen molar-refractivity contribution in [3.8, 4) is 0 Å². The quantitative estimate of drug-likeness (QED) is 0.840. The van der Waals surface area contributed by atoms with Crippen LogP contribution in [0.5, 0.6) is 0 Å². The van der Waals surface area contributed by atoms with Crippen LogP contribution in [-0.2, 0) is 6.18 Å². The van der Waals surface area contributed by atoms with Crippen LogP contribution in [0.4, 0.5) is 24.5 Å². The summed E-state index contributed by atoms with van der Waals surface area (Å²) < 4.78 is 39.1. The van der Waals surface area contributed by atoms with Crippen molar-refractivity contribution in [3.63, 3.8) is 0 Å². The van der Waals surface area contributed by atoms with Gasteiger partial charge in [-0.25, -0.2) is 0 Å². The summed E-state index contributed by atoms with van der Waals surface area (Å²) in [5.41, 5.74) is 0.0995. The molecule has 2 heterocycles. The number of alkyl halides is 3. The van der Waals surface area contributed by atoms with E-state index in [4.69, 9.17) is 0 Å². The van der Waals surface area contributed by atoms with Gasteiger partial charge in [0.15, 0.2) is 0 Å². The van der Waals surface area contributed by atoms with E-state index in [1.54, 1.807) is 17.5 Å². The fourth-order valence-corrected chi connectivity index (χ4v) is 3.43. The summed E-state index contributed by atoms with van der Waals surface area (Å²) in [6.07, 6.45) is -1.32. The lowest BCUT2D eigenvalue weighted by molar-refractivity contribution is -0.137. The van der Waals surface area contributed by atoms with Gasteiger partial charge in [-0.3, -0.25) is 4.79 Å². The van der Waals surface area contributed by atoms with E-state index in [0.717, 1.165) is 44.5 Å². The lowest BCUT2D eigenvalue weighted by Gasteiger charge is -2.31. The minimum absolute atomic E-state index is 0.213. The molecule has 0 unspecified atom stereocenters. The standard InChI is InChI=1S/C17H17F3N2OS/c18-17(19,20)12-6-7-14(22-8-2-1-3-9-22)13(11-12)21-16(23)15-5-4-10-24-15/h4-7,10-11H,1-3,8-9H2,(H,21,23). The van der Waals surface area contributed by atoms with Crippen molar-refractivity contribution in [2.75, 3.05) is 23.3 Å². The minimum atomic E-state index is -4.44. The van der Waals surface area contributed by atoms with Crippen molar-refractivity contribution >= 4 is 28.6 Å². The lowest BCUT2D eigenvalue weighted by Crippen LogP contribution is -2.30. The van der Waals surface area contributed by atoms with Crippen molar-refractivity contribution < 1.29 is 18.0 Å². The van der Waals surface area contributed by atoms with Crippen LogP contribution in [0.1, 0.15) is 34.5 Å². The zero-order valence-electron chi connectivity index (χ0n) is 12.9. The average Bonchev–Trinajstić information content (AvgIpc) is 3.09. The molecule has 0 radical (unpaired) electrons. The Bertz CT molecular complexity index is 707.